The molecule has 4 nitrogen and oxygen atoms in total. The van der Waals surface area contributed by atoms with E-state index in [1.807, 2.05) is 30.7 Å². The molecule has 4 heteroatoms. The van der Waals surface area contributed by atoms with E-state index < -0.39 is 0 Å². The predicted molar refractivity (Wildman–Crippen MR) is 61.8 cm³/mol. The summed E-state index contributed by atoms with van der Waals surface area (Å²) in [5.41, 5.74) is 3.55. The molecular formula is C12H14N4. The van der Waals surface area contributed by atoms with E-state index in [1.165, 1.54) is 29.7 Å². The van der Waals surface area contributed by atoms with E-state index in [2.05, 4.69) is 20.5 Å². The molecule has 0 spiro atoms. The molecule has 2 N–H and O–H groups in total. The molecule has 0 aliphatic carbocycles. The number of nitrogens with zero attached hydrogens (tertiary/aromatic N) is 2. The minimum Gasteiger partial charge on any atom is -0.309 e. The van der Waals surface area contributed by atoms with E-state index in [9.17, 15) is 0 Å². The van der Waals surface area contributed by atoms with Crippen molar-refractivity contribution >= 4 is 0 Å². The highest BCUT2D eigenvalue weighted by molar-refractivity contribution is 5.65. The second kappa shape index (κ2) is 4.06. The van der Waals surface area contributed by atoms with Gasteiger partial charge in [-0.2, -0.15) is 5.10 Å². The highest BCUT2D eigenvalue weighted by Gasteiger charge is 2.21. The summed E-state index contributed by atoms with van der Waals surface area (Å²) in [5, 5.41) is 10.8. The fourth-order valence-corrected chi connectivity index (χ4v) is 2.25. The highest BCUT2D eigenvalue weighted by atomic mass is 15.1. The van der Waals surface area contributed by atoms with Gasteiger partial charge in [0.1, 0.15) is 0 Å². The third-order valence-electron chi connectivity index (χ3n) is 3.07. The zero-order valence-corrected chi connectivity index (χ0v) is 8.98. The number of aromatic amines is 1. The molecule has 1 atom stereocenters. The van der Waals surface area contributed by atoms with Crippen molar-refractivity contribution in [3.63, 3.8) is 0 Å². The zero-order valence-electron chi connectivity index (χ0n) is 8.98. The molecule has 16 heavy (non-hydrogen) atoms. The molecule has 1 fully saturated rings. The Bertz CT molecular complexity index is 457. The highest BCUT2D eigenvalue weighted by Crippen LogP contribution is 2.30. The van der Waals surface area contributed by atoms with Crippen LogP contribution in [0.25, 0.3) is 11.1 Å². The average molecular weight is 214 g/mol. The van der Waals surface area contributed by atoms with Crippen molar-refractivity contribution < 1.29 is 0 Å². The Balaban J connectivity index is 1.99. The Kier molecular flexibility index (Phi) is 2.42. The van der Waals surface area contributed by atoms with E-state index in [0.29, 0.717) is 6.04 Å². The predicted octanol–water partition coefficient (Wildman–Crippen LogP) is 1.90. The zero-order chi connectivity index (χ0) is 10.8. The molecule has 3 heterocycles. The second-order valence-electron chi connectivity index (χ2n) is 4.08. The maximum absolute atomic E-state index is 4.16. The van der Waals surface area contributed by atoms with Crippen LogP contribution in [0.5, 0.6) is 0 Å². The monoisotopic (exact) mass is 214 g/mol. The molecule has 0 bridgehead atoms. The number of hydrogen-bond donors (Lipinski definition) is 2. The molecule has 0 saturated carbocycles. The molecule has 3 rings (SSSR count). The Morgan fingerprint density at radius 3 is 2.88 bits per heavy atom. The van der Waals surface area contributed by atoms with Gasteiger partial charge in [0.2, 0.25) is 0 Å². The van der Waals surface area contributed by atoms with Crippen molar-refractivity contribution in [2.45, 2.75) is 18.9 Å². The third kappa shape index (κ3) is 1.61. The molecule has 82 valence electrons. The first-order valence-electron chi connectivity index (χ1n) is 5.62. The van der Waals surface area contributed by atoms with E-state index in [0.717, 1.165) is 6.54 Å². The van der Waals surface area contributed by atoms with Crippen molar-refractivity contribution in [1.82, 2.24) is 20.5 Å². The van der Waals surface area contributed by atoms with Crippen LogP contribution in [0.2, 0.25) is 0 Å². The van der Waals surface area contributed by atoms with Gasteiger partial charge in [-0.25, -0.2) is 0 Å². The van der Waals surface area contributed by atoms with Crippen molar-refractivity contribution in [3.8, 4) is 11.1 Å². The lowest BCUT2D eigenvalue weighted by Crippen LogP contribution is -2.14. The van der Waals surface area contributed by atoms with Crippen molar-refractivity contribution in [3.05, 3.63) is 36.4 Å². The summed E-state index contributed by atoms with van der Waals surface area (Å²) in [7, 11) is 0. The lowest BCUT2D eigenvalue weighted by atomic mass is 10.0. The SMILES string of the molecule is c1cc(-c2cn[nH]c2C2CCCN2)ccn1. The van der Waals surface area contributed by atoms with Crippen LogP contribution in [0.4, 0.5) is 0 Å². The molecule has 1 unspecified atom stereocenters. The topological polar surface area (TPSA) is 53.6 Å². The fourth-order valence-electron chi connectivity index (χ4n) is 2.25. The van der Waals surface area contributed by atoms with Crippen molar-refractivity contribution in [2.24, 2.45) is 0 Å². The summed E-state index contributed by atoms with van der Waals surface area (Å²) in [6.45, 7) is 1.10. The van der Waals surface area contributed by atoms with Crippen LogP contribution in [-0.2, 0) is 0 Å². The largest absolute Gasteiger partial charge is 0.309 e. The third-order valence-corrected chi connectivity index (χ3v) is 3.07. The molecule has 1 aliphatic heterocycles. The van der Waals surface area contributed by atoms with Gasteiger partial charge in [-0.15, -0.1) is 0 Å². The van der Waals surface area contributed by atoms with Crippen LogP contribution in [0.3, 0.4) is 0 Å². The lowest BCUT2D eigenvalue weighted by molar-refractivity contribution is 0.626. The number of aromatic nitrogens is 3. The van der Waals surface area contributed by atoms with Crippen LogP contribution in [0.15, 0.2) is 30.7 Å². The van der Waals surface area contributed by atoms with Crippen LogP contribution in [0.1, 0.15) is 24.6 Å². The Hall–Kier alpha value is -1.68. The quantitative estimate of drug-likeness (QED) is 0.802. The summed E-state index contributed by atoms with van der Waals surface area (Å²) < 4.78 is 0. The smallest absolute Gasteiger partial charge is 0.0599 e. The lowest BCUT2D eigenvalue weighted by Gasteiger charge is -2.10. The number of hydrogen-bond acceptors (Lipinski definition) is 3. The normalized spacial score (nSPS) is 20.1. The van der Waals surface area contributed by atoms with E-state index in [4.69, 9.17) is 0 Å². The maximum atomic E-state index is 4.16. The molecule has 1 aliphatic rings. The standard InChI is InChI=1S/C12H14N4/c1-2-11(14-5-1)12-10(8-15-16-12)9-3-6-13-7-4-9/h3-4,6-8,11,14H,1-2,5H2,(H,15,16). The van der Waals surface area contributed by atoms with Gasteiger partial charge in [-0.05, 0) is 37.1 Å². The fraction of sp³-hybridized carbons (Fsp3) is 0.333. The summed E-state index contributed by atoms with van der Waals surface area (Å²) in [6.07, 6.45) is 7.94. The van der Waals surface area contributed by atoms with Gasteiger partial charge < -0.3 is 5.32 Å². The summed E-state index contributed by atoms with van der Waals surface area (Å²) in [6, 6.07) is 4.46. The number of pyridine rings is 1. The number of rotatable bonds is 2. The van der Waals surface area contributed by atoms with Gasteiger partial charge in [0, 0.05) is 24.0 Å². The van der Waals surface area contributed by atoms with Gasteiger partial charge in [-0.3, -0.25) is 10.1 Å². The minimum atomic E-state index is 0.422. The molecular weight excluding hydrogens is 200 g/mol. The van der Waals surface area contributed by atoms with E-state index in [1.54, 1.807) is 0 Å². The minimum absolute atomic E-state index is 0.422. The van der Waals surface area contributed by atoms with Crippen LogP contribution in [0, 0.1) is 0 Å². The molecule has 0 aromatic carbocycles. The Morgan fingerprint density at radius 2 is 2.12 bits per heavy atom. The van der Waals surface area contributed by atoms with Crippen LogP contribution in [-0.4, -0.2) is 21.7 Å². The molecule has 2 aromatic heterocycles. The van der Waals surface area contributed by atoms with E-state index in [-0.39, 0.29) is 0 Å². The molecule has 2 aromatic rings. The summed E-state index contributed by atoms with van der Waals surface area (Å²) in [5.74, 6) is 0. The molecule has 1 saturated heterocycles. The van der Waals surface area contributed by atoms with Crippen LogP contribution >= 0.6 is 0 Å². The maximum Gasteiger partial charge on any atom is 0.0599 e. The van der Waals surface area contributed by atoms with E-state index >= 15 is 0 Å². The first kappa shape index (κ1) is 9.54. The Labute approximate surface area is 94.1 Å². The van der Waals surface area contributed by atoms with Crippen LogP contribution < -0.4 is 5.32 Å². The average Bonchev–Trinajstić information content (AvgIpc) is 3.01. The molecule has 0 radical (unpaired) electrons. The first-order chi connectivity index (χ1) is 7.95. The van der Waals surface area contributed by atoms with Gasteiger partial charge in [-0.1, -0.05) is 0 Å². The second-order valence-corrected chi connectivity index (χ2v) is 4.08. The van der Waals surface area contributed by atoms with Gasteiger partial charge in [0.25, 0.3) is 0 Å². The van der Waals surface area contributed by atoms with Gasteiger partial charge in [0.15, 0.2) is 0 Å². The van der Waals surface area contributed by atoms with Crippen molar-refractivity contribution in [1.29, 1.82) is 0 Å². The first-order valence-corrected chi connectivity index (χ1v) is 5.62. The van der Waals surface area contributed by atoms with Gasteiger partial charge in [0.05, 0.1) is 11.9 Å². The number of nitrogens with one attached hydrogen (secondary N) is 2. The summed E-state index contributed by atoms with van der Waals surface area (Å²) in [4.78, 5) is 4.04. The Morgan fingerprint density at radius 1 is 1.25 bits per heavy atom. The molecule has 0 amide bonds. The summed E-state index contributed by atoms with van der Waals surface area (Å²) >= 11 is 0. The van der Waals surface area contributed by atoms with Gasteiger partial charge >= 0.3 is 0 Å². The van der Waals surface area contributed by atoms with Crippen molar-refractivity contribution in [2.75, 3.05) is 6.54 Å². The number of H-pyrrole nitrogens is 1.